The first-order chi connectivity index (χ1) is 10.1. The van der Waals surface area contributed by atoms with E-state index in [0.29, 0.717) is 0 Å². The fraction of sp³-hybridized carbons (Fsp3) is 0.312. The van der Waals surface area contributed by atoms with Crippen molar-refractivity contribution in [1.29, 1.82) is 0 Å². The van der Waals surface area contributed by atoms with E-state index in [0.717, 1.165) is 32.4 Å². The molecule has 1 unspecified atom stereocenters. The number of benzene rings is 1. The Morgan fingerprint density at radius 3 is 2.81 bits per heavy atom. The summed E-state index contributed by atoms with van der Waals surface area (Å²) in [6.45, 7) is 0. The second kappa shape index (κ2) is 6.23. The Morgan fingerprint density at radius 2 is 2.10 bits per heavy atom. The average Bonchev–Trinajstić information content (AvgIpc) is 2.84. The van der Waals surface area contributed by atoms with E-state index in [1.54, 1.807) is 0 Å². The first-order valence-electron chi connectivity index (χ1n) is 6.87. The van der Waals surface area contributed by atoms with Crippen molar-refractivity contribution < 1.29 is 4.79 Å². The minimum absolute atomic E-state index is 0.0746. The molecule has 21 heavy (non-hydrogen) atoms. The van der Waals surface area contributed by atoms with Gasteiger partial charge in [0.05, 0.1) is 19.2 Å². The second-order valence-corrected chi connectivity index (χ2v) is 9.01. The highest BCUT2D eigenvalue weighted by Gasteiger charge is 2.28. The number of hydrogen-bond acceptors (Lipinski definition) is 2. The molecule has 0 radical (unpaired) electrons. The number of carbonyl (C=O) groups excluding carboxylic acids is 1. The Morgan fingerprint density at radius 1 is 1.33 bits per heavy atom. The molecular weight excluding hydrogens is 414 g/mol. The Balaban J connectivity index is 1.91. The van der Waals surface area contributed by atoms with Gasteiger partial charge in [0.2, 0.25) is 0 Å². The Bertz CT molecular complexity index is 683. The van der Waals surface area contributed by atoms with Crippen LogP contribution in [0.4, 0.5) is 0 Å². The molecule has 5 heteroatoms. The fourth-order valence-corrected chi connectivity index (χ4v) is 5.73. The van der Waals surface area contributed by atoms with Gasteiger partial charge < -0.3 is 4.90 Å². The molecule has 0 bridgehead atoms. The normalized spacial score (nSPS) is 17.4. The monoisotopic (exact) mass is 427 g/mol. The highest BCUT2D eigenvalue weighted by molar-refractivity contribution is 9.12. The number of carbonyl (C=O) groups is 1. The van der Waals surface area contributed by atoms with Crippen molar-refractivity contribution in [2.75, 3.05) is 7.05 Å². The van der Waals surface area contributed by atoms with E-state index in [-0.39, 0.29) is 11.9 Å². The van der Waals surface area contributed by atoms with Crippen molar-refractivity contribution in [3.63, 3.8) is 0 Å². The van der Waals surface area contributed by atoms with Crippen LogP contribution in [0.1, 0.15) is 40.4 Å². The van der Waals surface area contributed by atoms with Gasteiger partial charge >= 0.3 is 0 Å². The Kier molecular flexibility index (Phi) is 4.52. The summed E-state index contributed by atoms with van der Waals surface area (Å²) in [6.07, 6.45) is 3.28. The molecule has 0 N–H and O–H groups in total. The molecule has 0 saturated carbocycles. The molecule has 110 valence electrons. The zero-order valence-corrected chi connectivity index (χ0v) is 15.6. The van der Waals surface area contributed by atoms with E-state index in [2.05, 4.69) is 56.1 Å². The molecule has 1 aliphatic rings. The van der Waals surface area contributed by atoms with Crippen LogP contribution in [0.25, 0.3) is 0 Å². The molecular formula is C16H15Br2NOS. The maximum absolute atomic E-state index is 12.8. The Labute approximate surface area is 145 Å². The summed E-state index contributed by atoms with van der Waals surface area (Å²) < 4.78 is 1.85. The molecule has 1 heterocycles. The number of hydrogen-bond donors (Lipinski definition) is 0. The summed E-state index contributed by atoms with van der Waals surface area (Å²) in [4.78, 5) is 14.7. The van der Waals surface area contributed by atoms with Crippen molar-refractivity contribution >= 4 is 49.1 Å². The van der Waals surface area contributed by atoms with E-state index >= 15 is 0 Å². The van der Waals surface area contributed by atoms with Crippen LogP contribution >= 0.6 is 43.2 Å². The SMILES string of the molecule is CN(C(=O)c1cc(Br)sc1Br)C1CCCc2ccccc21. The fourth-order valence-electron chi connectivity index (χ4n) is 2.95. The van der Waals surface area contributed by atoms with E-state index in [4.69, 9.17) is 0 Å². The second-order valence-electron chi connectivity index (χ2n) is 5.26. The molecule has 0 saturated heterocycles. The van der Waals surface area contributed by atoms with E-state index in [9.17, 15) is 4.79 Å². The number of fused-ring (bicyclic) bond motifs is 1. The molecule has 3 rings (SSSR count). The summed E-state index contributed by atoms with van der Waals surface area (Å²) in [6, 6.07) is 10.5. The maximum atomic E-state index is 12.8. The van der Waals surface area contributed by atoms with Crippen molar-refractivity contribution in [2.24, 2.45) is 0 Å². The highest BCUT2D eigenvalue weighted by Crippen LogP contribution is 2.37. The standard InChI is InChI=1S/C16H15Br2NOS/c1-19(16(20)12-9-14(17)21-15(12)18)13-8-4-6-10-5-2-3-7-11(10)13/h2-3,5,7,9,13H,4,6,8H2,1H3. The van der Waals surface area contributed by atoms with Gasteiger partial charge in [0.15, 0.2) is 0 Å². The lowest BCUT2D eigenvalue weighted by Gasteiger charge is -2.33. The molecule has 1 amide bonds. The molecule has 0 spiro atoms. The lowest BCUT2D eigenvalue weighted by molar-refractivity contribution is 0.0715. The van der Waals surface area contributed by atoms with Crippen LogP contribution in [0.15, 0.2) is 37.9 Å². The third-order valence-electron chi connectivity index (χ3n) is 4.01. The van der Waals surface area contributed by atoms with Crippen LogP contribution in [0.3, 0.4) is 0 Å². The van der Waals surface area contributed by atoms with Crippen LogP contribution in [0.5, 0.6) is 0 Å². The minimum Gasteiger partial charge on any atom is -0.335 e. The molecule has 2 aromatic rings. The van der Waals surface area contributed by atoms with Gasteiger partial charge in [-0.2, -0.15) is 0 Å². The van der Waals surface area contributed by atoms with Gasteiger partial charge in [0, 0.05) is 7.05 Å². The van der Waals surface area contributed by atoms with Gasteiger partial charge in [0.25, 0.3) is 5.91 Å². The van der Waals surface area contributed by atoms with Gasteiger partial charge in [-0.25, -0.2) is 0 Å². The summed E-state index contributed by atoms with van der Waals surface area (Å²) in [5.74, 6) is 0.0746. The number of nitrogens with zero attached hydrogens (tertiary/aromatic N) is 1. The van der Waals surface area contributed by atoms with Gasteiger partial charge in [-0.1, -0.05) is 24.3 Å². The summed E-state index contributed by atoms with van der Waals surface area (Å²) >= 11 is 8.46. The van der Waals surface area contributed by atoms with E-state index < -0.39 is 0 Å². The summed E-state index contributed by atoms with van der Waals surface area (Å²) in [5, 5.41) is 0. The van der Waals surface area contributed by atoms with Crippen molar-refractivity contribution in [1.82, 2.24) is 4.90 Å². The number of thiophene rings is 1. The van der Waals surface area contributed by atoms with Gasteiger partial charge in [-0.05, 0) is 68.3 Å². The molecule has 2 nitrogen and oxygen atoms in total. The van der Waals surface area contributed by atoms with Crippen molar-refractivity contribution in [3.8, 4) is 0 Å². The Hall–Kier alpha value is -0.650. The molecule has 1 atom stereocenters. The first kappa shape index (κ1) is 15.3. The van der Waals surface area contributed by atoms with Crippen LogP contribution < -0.4 is 0 Å². The van der Waals surface area contributed by atoms with Gasteiger partial charge in [-0.15, -0.1) is 11.3 Å². The number of halogens is 2. The smallest absolute Gasteiger partial charge is 0.256 e. The number of rotatable bonds is 2. The van der Waals surface area contributed by atoms with E-state index in [1.165, 1.54) is 22.5 Å². The zero-order chi connectivity index (χ0) is 15.0. The molecule has 0 fully saturated rings. The van der Waals surface area contributed by atoms with Crippen LogP contribution in [-0.2, 0) is 6.42 Å². The predicted molar refractivity (Wildman–Crippen MR) is 93.9 cm³/mol. The van der Waals surface area contributed by atoms with Crippen LogP contribution in [0.2, 0.25) is 0 Å². The predicted octanol–water partition coefficient (Wildman–Crippen LogP) is 5.42. The molecule has 0 aliphatic heterocycles. The van der Waals surface area contributed by atoms with Crippen molar-refractivity contribution in [3.05, 3.63) is 54.6 Å². The lowest BCUT2D eigenvalue weighted by atomic mass is 9.87. The first-order valence-corrected chi connectivity index (χ1v) is 9.28. The van der Waals surface area contributed by atoms with Crippen molar-refractivity contribution in [2.45, 2.75) is 25.3 Å². The minimum atomic E-state index is 0.0746. The van der Waals surface area contributed by atoms with Crippen LogP contribution in [0, 0.1) is 0 Å². The van der Waals surface area contributed by atoms with Gasteiger partial charge in [-0.3, -0.25) is 4.79 Å². The average molecular weight is 429 g/mol. The largest absolute Gasteiger partial charge is 0.335 e. The molecule has 1 aliphatic carbocycles. The maximum Gasteiger partial charge on any atom is 0.256 e. The zero-order valence-electron chi connectivity index (χ0n) is 11.6. The summed E-state index contributed by atoms with van der Waals surface area (Å²) in [5.41, 5.74) is 3.40. The third-order valence-corrected chi connectivity index (χ3v) is 6.35. The highest BCUT2D eigenvalue weighted by atomic mass is 79.9. The van der Waals surface area contributed by atoms with E-state index in [1.807, 2.05) is 18.0 Å². The topological polar surface area (TPSA) is 20.3 Å². The number of amides is 1. The number of aryl methyl sites for hydroxylation is 1. The summed E-state index contributed by atoms with van der Waals surface area (Å²) in [7, 11) is 1.91. The van der Waals surface area contributed by atoms with Gasteiger partial charge in [0.1, 0.15) is 0 Å². The third kappa shape index (κ3) is 2.96. The molecule has 1 aromatic heterocycles. The lowest BCUT2D eigenvalue weighted by Crippen LogP contribution is -2.33. The molecule has 1 aromatic carbocycles. The quantitative estimate of drug-likeness (QED) is 0.624. The van der Waals surface area contributed by atoms with Crippen LogP contribution in [-0.4, -0.2) is 17.9 Å².